The molecule has 0 unspecified atom stereocenters. The summed E-state index contributed by atoms with van der Waals surface area (Å²) in [5.74, 6) is 0.684. The molecule has 1 aromatic rings. The van der Waals surface area contributed by atoms with Gasteiger partial charge < -0.3 is 4.74 Å². The summed E-state index contributed by atoms with van der Waals surface area (Å²) < 4.78 is 18.7. The lowest BCUT2D eigenvalue weighted by Gasteiger charge is -2.28. The minimum Gasteiger partial charge on any atom is -0.384 e. The predicted molar refractivity (Wildman–Crippen MR) is 67.7 cm³/mol. The van der Waals surface area contributed by atoms with Crippen LogP contribution in [0.1, 0.15) is 42.7 Å². The number of halogens is 1. The third kappa shape index (κ3) is 2.88. The fourth-order valence-corrected chi connectivity index (χ4v) is 2.77. The van der Waals surface area contributed by atoms with Crippen molar-refractivity contribution in [1.29, 1.82) is 5.26 Å². The van der Waals surface area contributed by atoms with Crippen LogP contribution in [0.4, 0.5) is 4.39 Å². The van der Waals surface area contributed by atoms with E-state index in [2.05, 4.69) is 0 Å². The first kappa shape index (κ1) is 13.0. The Morgan fingerprint density at radius 3 is 2.61 bits per heavy atom. The molecule has 0 N–H and O–H groups in total. The summed E-state index contributed by atoms with van der Waals surface area (Å²) in [5.41, 5.74) is 1.16. The molecule has 96 valence electrons. The first-order valence-electron chi connectivity index (χ1n) is 6.43. The molecule has 0 spiro atoms. The zero-order valence-corrected chi connectivity index (χ0v) is 10.7. The number of hydrogen-bond donors (Lipinski definition) is 0. The second kappa shape index (κ2) is 5.97. The highest BCUT2D eigenvalue weighted by Gasteiger charge is 2.22. The van der Waals surface area contributed by atoms with Crippen molar-refractivity contribution in [3.63, 3.8) is 0 Å². The van der Waals surface area contributed by atoms with Gasteiger partial charge in [0.1, 0.15) is 11.9 Å². The van der Waals surface area contributed by atoms with Crippen LogP contribution in [0.25, 0.3) is 0 Å². The van der Waals surface area contributed by atoms with E-state index in [9.17, 15) is 4.39 Å². The molecule has 0 heterocycles. The third-order valence-corrected chi connectivity index (χ3v) is 3.83. The predicted octanol–water partition coefficient (Wildman–Crippen LogP) is 3.62. The van der Waals surface area contributed by atoms with Crippen molar-refractivity contribution < 1.29 is 9.13 Å². The summed E-state index contributed by atoms with van der Waals surface area (Å²) >= 11 is 0. The molecule has 0 atom stereocenters. The van der Waals surface area contributed by atoms with Crippen LogP contribution in [0.15, 0.2) is 18.2 Å². The molecule has 0 amide bonds. The third-order valence-electron chi connectivity index (χ3n) is 3.83. The molecule has 2 rings (SSSR count). The van der Waals surface area contributed by atoms with E-state index >= 15 is 0 Å². The lowest BCUT2D eigenvalue weighted by molar-refractivity contribution is 0.127. The van der Waals surface area contributed by atoms with E-state index in [-0.39, 0.29) is 5.56 Å². The van der Waals surface area contributed by atoms with E-state index in [0.717, 1.165) is 37.9 Å². The molecule has 1 aliphatic carbocycles. The van der Waals surface area contributed by atoms with Gasteiger partial charge in [-0.2, -0.15) is 5.26 Å². The first-order valence-corrected chi connectivity index (χ1v) is 6.43. The van der Waals surface area contributed by atoms with Gasteiger partial charge in [-0.25, -0.2) is 4.39 Å². The van der Waals surface area contributed by atoms with Crippen LogP contribution in [0, 0.1) is 23.1 Å². The number of rotatable bonds is 3. The maximum atomic E-state index is 13.6. The molecule has 1 fully saturated rings. The summed E-state index contributed by atoms with van der Waals surface area (Å²) in [7, 11) is 1.74. The fraction of sp³-hybridized carbons (Fsp3) is 0.533. The van der Waals surface area contributed by atoms with Crippen molar-refractivity contribution in [2.45, 2.75) is 31.6 Å². The van der Waals surface area contributed by atoms with Gasteiger partial charge in [0, 0.05) is 13.7 Å². The molecule has 0 saturated heterocycles. The van der Waals surface area contributed by atoms with Gasteiger partial charge in [-0.3, -0.25) is 0 Å². The van der Waals surface area contributed by atoms with Crippen molar-refractivity contribution in [3.8, 4) is 6.07 Å². The van der Waals surface area contributed by atoms with Crippen molar-refractivity contribution in [2.24, 2.45) is 5.92 Å². The Morgan fingerprint density at radius 1 is 1.33 bits per heavy atom. The maximum Gasteiger partial charge on any atom is 0.141 e. The highest BCUT2D eigenvalue weighted by Crippen LogP contribution is 2.36. The van der Waals surface area contributed by atoms with Crippen LogP contribution in [0.5, 0.6) is 0 Å². The summed E-state index contributed by atoms with van der Waals surface area (Å²) in [6, 6.07) is 6.87. The van der Waals surface area contributed by atoms with Crippen LogP contribution in [0.3, 0.4) is 0 Å². The Balaban J connectivity index is 2.02. The Kier molecular flexibility index (Phi) is 4.33. The average molecular weight is 247 g/mol. The lowest BCUT2D eigenvalue weighted by Crippen LogP contribution is -2.17. The van der Waals surface area contributed by atoms with Crippen LogP contribution in [-0.2, 0) is 4.74 Å². The average Bonchev–Trinajstić information content (AvgIpc) is 2.40. The topological polar surface area (TPSA) is 33.0 Å². The monoisotopic (exact) mass is 247 g/mol. The Morgan fingerprint density at radius 2 is 2.06 bits per heavy atom. The number of nitriles is 1. The molecule has 0 aliphatic heterocycles. The van der Waals surface area contributed by atoms with Gasteiger partial charge in [-0.15, -0.1) is 0 Å². The second-order valence-corrected chi connectivity index (χ2v) is 5.02. The van der Waals surface area contributed by atoms with E-state index in [1.807, 2.05) is 12.1 Å². The van der Waals surface area contributed by atoms with E-state index in [0.29, 0.717) is 11.8 Å². The van der Waals surface area contributed by atoms with Gasteiger partial charge in [0.05, 0.1) is 5.56 Å². The van der Waals surface area contributed by atoms with Gasteiger partial charge in [0.15, 0.2) is 0 Å². The minimum atomic E-state index is -0.394. The zero-order chi connectivity index (χ0) is 13.0. The molecule has 18 heavy (non-hydrogen) atoms. The SMILES string of the molecule is COCC1CCC(c2ccc(C#N)c(F)c2)CC1. The number of nitrogens with zero attached hydrogens (tertiary/aromatic N) is 1. The molecule has 0 aromatic heterocycles. The standard InChI is InChI=1S/C15H18FNO/c1-18-10-11-2-4-12(5-3-11)13-6-7-14(9-17)15(16)8-13/h6-8,11-12H,2-5,10H2,1H3. The summed E-state index contributed by atoms with van der Waals surface area (Å²) in [6.07, 6.45) is 4.44. The first-order chi connectivity index (χ1) is 8.74. The Bertz CT molecular complexity index is 444. The normalized spacial score (nSPS) is 23.6. The highest BCUT2D eigenvalue weighted by molar-refractivity contribution is 5.34. The van der Waals surface area contributed by atoms with Gasteiger partial charge in [-0.05, 0) is 55.2 Å². The van der Waals surface area contributed by atoms with Gasteiger partial charge in [-0.1, -0.05) is 6.07 Å². The lowest BCUT2D eigenvalue weighted by atomic mass is 9.79. The smallest absolute Gasteiger partial charge is 0.141 e. The van der Waals surface area contributed by atoms with E-state index in [1.54, 1.807) is 13.2 Å². The van der Waals surface area contributed by atoms with E-state index < -0.39 is 5.82 Å². The van der Waals surface area contributed by atoms with Gasteiger partial charge in [0.2, 0.25) is 0 Å². The van der Waals surface area contributed by atoms with Crippen molar-refractivity contribution in [2.75, 3.05) is 13.7 Å². The van der Waals surface area contributed by atoms with Gasteiger partial charge in [0.25, 0.3) is 0 Å². The summed E-state index contributed by atoms with van der Waals surface area (Å²) in [4.78, 5) is 0. The number of methoxy groups -OCH3 is 1. The van der Waals surface area contributed by atoms with Gasteiger partial charge >= 0.3 is 0 Å². The molecule has 2 nitrogen and oxygen atoms in total. The Hall–Kier alpha value is -1.40. The van der Waals surface area contributed by atoms with Crippen LogP contribution < -0.4 is 0 Å². The largest absolute Gasteiger partial charge is 0.384 e. The van der Waals surface area contributed by atoms with Crippen LogP contribution in [0.2, 0.25) is 0 Å². The van der Waals surface area contributed by atoms with Crippen molar-refractivity contribution in [3.05, 3.63) is 35.1 Å². The quantitative estimate of drug-likeness (QED) is 0.817. The molecule has 1 aromatic carbocycles. The summed E-state index contributed by atoms with van der Waals surface area (Å²) in [5, 5.41) is 8.71. The second-order valence-electron chi connectivity index (χ2n) is 5.02. The molecular formula is C15H18FNO. The van der Waals surface area contributed by atoms with E-state index in [4.69, 9.17) is 10.00 Å². The number of hydrogen-bond acceptors (Lipinski definition) is 2. The minimum absolute atomic E-state index is 0.131. The van der Waals surface area contributed by atoms with Crippen LogP contribution in [-0.4, -0.2) is 13.7 Å². The maximum absolute atomic E-state index is 13.6. The molecule has 3 heteroatoms. The van der Waals surface area contributed by atoms with Crippen LogP contribution >= 0.6 is 0 Å². The number of ether oxygens (including phenoxy) is 1. The Labute approximate surface area is 107 Å². The molecule has 1 saturated carbocycles. The molecule has 1 aliphatic rings. The number of benzene rings is 1. The molecule has 0 radical (unpaired) electrons. The van der Waals surface area contributed by atoms with Crippen molar-refractivity contribution in [1.82, 2.24) is 0 Å². The van der Waals surface area contributed by atoms with E-state index in [1.165, 1.54) is 6.07 Å². The highest BCUT2D eigenvalue weighted by atomic mass is 19.1. The zero-order valence-electron chi connectivity index (χ0n) is 10.7. The molecular weight excluding hydrogens is 229 g/mol. The summed E-state index contributed by atoms with van der Waals surface area (Å²) in [6.45, 7) is 0.828. The fourth-order valence-electron chi connectivity index (χ4n) is 2.77. The van der Waals surface area contributed by atoms with Crippen molar-refractivity contribution >= 4 is 0 Å². The molecule has 0 bridgehead atoms.